The maximum Gasteiger partial charge on any atom is 0.248 e. The lowest BCUT2D eigenvalue weighted by atomic mass is 10.4. The van der Waals surface area contributed by atoms with Gasteiger partial charge in [0.15, 0.2) is 5.15 Å². The molecule has 3 rings (SSSR count). The molecule has 22 heavy (non-hydrogen) atoms. The van der Waals surface area contributed by atoms with E-state index in [4.69, 9.17) is 11.6 Å². The Kier molecular flexibility index (Phi) is 3.94. The zero-order chi connectivity index (χ0) is 15.5. The quantitative estimate of drug-likeness (QED) is 0.863. The second kappa shape index (κ2) is 6.04. The zero-order valence-electron chi connectivity index (χ0n) is 11.8. The number of hydrazine groups is 2. The minimum Gasteiger partial charge on any atom is -0.310 e. The number of hydrogen-bond donors (Lipinski definition) is 2. The fourth-order valence-electron chi connectivity index (χ4n) is 1.95. The first-order chi connectivity index (χ1) is 10.6. The van der Waals surface area contributed by atoms with Crippen LogP contribution in [0.3, 0.4) is 0 Å². The number of amides is 1. The number of likely N-dealkylation sites (N-methyl/N-ethyl adjacent to an activating group) is 1. The van der Waals surface area contributed by atoms with E-state index in [1.165, 1.54) is 4.90 Å². The highest BCUT2D eigenvalue weighted by Gasteiger charge is 2.20. The average molecular weight is 320 g/mol. The van der Waals surface area contributed by atoms with Crippen LogP contribution >= 0.6 is 11.6 Å². The van der Waals surface area contributed by atoms with Crippen LogP contribution < -0.4 is 15.9 Å². The summed E-state index contributed by atoms with van der Waals surface area (Å²) in [4.78, 5) is 17.8. The van der Waals surface area contributed by atoms with Gasteiger partial charge in [-0.05, 0) is 12.1 Å². The number of hydrogen-bond acceptors (Lipinski definition) is 6. The number of nitrogens with one attached hydrogen (secondary N) is 2. The summed E-state index contributed by atoms with van der Waals surface area (Å²) in [6.45, 7) is 0.161. The minimum absolute atomic E-state index is 0.131. The van der Waals surface area contributed by atoms with Crippen LogP contribution in [-0.2, 0) is 4.79 Å². The molecule has 1 aliphatic heterocycles. The molecule has 0 fully saturated rings. The number of pyridine rings is 1. The normalized spacial score (nSPS) is 13.3. The summed E-state index contributed by atoms with van der Waals surface area (Å²) < 4.78 is 1.59. The summed E-state index contributed by atoms with van der Waals surface area (Å²) in [5.74, 6) is -0.131. The van der Waals surface area contributed by atoms with E-state index in [-0.39, 0.29) is 17.6 Å². The summed E-state index contributed by atoms with van der Waals surface area (Å²) >= 11 is 6.15. The summed E-state index contributed by atoms with van der Waals surface area (Å²) in [5.41, 5.74) is 6.87. The molecule has 2 aromatic rings. The molecule has 0 spiro atoms. The van der Waals surface area contributed by atoms with Crippen molar-refractivity contribution in [3.8, 4) is 5.69 Å². The van der Waals surface area contributed by atoms with E-state index in [1.807, 2.05) is 6.07 Å². The molecule has 1 amide bonds. The number of halogens is 1. The lowest BCUT2D eigenvalue weighted by Crippen LogP contribution is -2.43. The molecule has 1 aliphatic rings. The molecular formula is C13H14ClN7O. The van der Waals surface area contributed by atoms with Crippen molar-refractivity contribution in [2.24, 2.45) is 0 Å². The van der Waals surface area contributed by atoms with Gasteiger partial charge in [0.2, 0.25) is 5.91 Å². The van der Waals surface area contributed by atoms with Gasteiger partial charge < -0.3 is 10.3 Å². The molecule has 0 atom stereocenters. The number of rotatable bonds is 4. The molecule has 2 aromatic heterocycles. The summed E-state index contributed by atoms with van der Waals surface area (Å²) in [5, 5.41) is 6.08. The third-order valence-corrected chi connectivity index (χ3v) is 3.42. The van der Waals surface area contributed by atoms with Crippen LogP contribution in [0.1, 0.15) is 0 Å². The van der Waals surface area contributed by atoms with Crippen LogP contribution in [0.15, 0.2) is 43.1 Å². The van der Waals surface area contributed by atoms with Crippen molar-refractivity contribution in [1.29, 1.82) is 0 Å². The molecule has 0 aliphatic carbocycles. The molecule has 0 saturated carbocycles. The number of carbonyl (C=O) groups is 1. The van der Waals surface area contributed by atoms with E-state index < -0.39 is 0 Å². The van der Waals surface area contributed by atoms with Crippen molar-refractivity contribution in [3.05, 3.63) is 48.3 Å². The van der Waals surface area contributed by atoms with E-state index in [1.54, 1.807) is 53.8 Å². The second-order valence-electron chi connectivity index (χ2n) is 4.61. The Bertz CT molecular complexity index is 700. The summed E-state index contributed by atoms with van der Waals surface area (Å²) in [6, 6.07) is 3.66. The maximum absolute atomic E-state index is 12.3. The standard InChI is InChI=1S/C13H14ClN7O/c1-19(12(22)9-20-6-5-16-18-20)11-8-21(17-13(11)14)10-3-2-4-15-7-10/h2-8,16,18H,9H2,1H3. The minimum atomic E-state index is -0.131. The van der Waals surface area contributed by atoms with Gasteiger partial charge in [0.05, 0.1) is 18.1 Å². The van der Waals surface area contributed by atoms with Crippen molar-refractivity contribution in [3.63, 3.8) is 0 Å². The fraction of sp³-hybridized carbons (Fsp3) is 0.154. The van der Waals surface area contributed by atoms with E-state index in [0.717, 1.165) is 5.69 Å². The molecule has 9 heteroatoms. The van der Waals surface area contributed by atoms with Crippen LogP contribution in [0.25, 0.3) is 5.69 Å². The first-order valence-corrected chi connectivity index (χ1v) is 6.89. The highest BCUT2D eigenvalue weighted by atomic mass is 35.5. The third-order valence-electron chi connectivity index (χ3n) is 3.15. The van der Waals surface area contributed by atoms with Gasteiger partial charge in [-0.25, -0.2) is 4.68 Å². The lowest BCUT2D eigenvalue weighted by molar-refractivity contribution is -0.119. The maximum atomic E-state index is 12.3. The molecule has 0 saturated heterocycles. The van der Waals surface area contributed by atoms with Crippen LogP contribution in [0.2, 0.25) is 5.15 Å². The number of anilines is 1. The van der Waals surface area contributed by atoms with Gasteiger partial charge in [-0.2, -0.15) is 5.10 Å². The van der Waals surface area contributed by atoms with E-state index in [2.05, 4.69) is 21.0 Å². The highest BCUT2D eigenvalue weighted by Crippen LogP contribution is 2.25. The van der Waals surface area contributed by atoms with E-state index >= 15 is 0 Å². The largest absolute Gasteiger partial charge is 0.310 e. The van der Waals surface area contributed by atoms with Crippen LogP contribution in [0.5, 0.6) is 0 Å². The van der Waals surface area contributed by atoms with Gasteiger partial charge in [-0.3, -0.25) is 14.8 Å². The predicted octanol–water partition coefficient (Wildman–Crippen LogP) is 0.679. The Morgan fingerprint density at radius 2 is 2.36 bits per heavy atom. The van der Waals surface area contributed by atoms with Crippen LogP contribution in [0.4, 0.5) is 5.69 Å². The lowest BCUT2D eigenvalue weighted by Gasteiger charge is -2.20. The smallest absolute Gasteiger partial charge is 0.248 e. The Morgan fingerprint density at radius 1 is 1.50 bits per heavy atom. The van der Waals surface area contributed by atoms with Gasteiger partial charge in [0, 0.05) is 25.6 Å². The molecule has 3 heterocycles. The molecule has 8 nitrogen and oxygen atoms in total. The number of carbonyl (C=O) groups excluding carboxylic acids is 1. The topological polar surface area (TPSA) is 78.3 Å². The Hall–Kier alpha value is -2.58. The molecule has 0 radical (unpaired) electrons. The predicted molar refractivity (Wildman–Crippen MR) is 81.9 cm³/mol. The van der Waals surface area contributed by atoms with Crippen LogP contribution in [-0.4, -0.2) is 39.3 Å². The Balaban J connectivity index is 1.77. The third kappa shape index (κ3) is 2.87. The van der Waals surface area contributed by atoms with E-state index in [9.17, 15) is 4.79 Å². The zero-order valence-corrected chi connectivity index (χ0v) is 12.5. The van der Waals surface area contributed by atoms with Gasteiger partial charge in [0.1, 0.15) is 12.2 Å². The van der Waals surface area contributed by atoms with Crippen molar-refractivity contribution in [2.75, 3.05) is 18.5 Å². The van der Waals surface area contributed by atoms with Gasteiger partial charge in [-0.1, -0.05) is 11.6 Å². The monoisotopic (exact) mass is 319 g/mol. The molecule has 2 N–H and O–H groups in total. The molecule has 114 valence electrons. The van der Waals surface area contributed by atoms with Gasteiger partial charge >= 0.3 is 0 Å². The summed E-state index contributed by atoms with van der Waals surface area (Å²) in [6.07, 6.45) is 8.46. The Labute approximate surface area is 131 Å². The second-order valence-corrected chi connectivity index (χ2v) is 4.97. The Morgan fingerprint density at radius 3 is 3.05 bits per heavy atom. The first kappa shape index (κ1) is 14.4. The molecular weight excluding hydrogens is 306 g/mol. The first-order valence-electron chi connectivity index (χ1n) is 6.52. The molecule has 0 unspecified atom stereocenters. The summed E-state index contributed by atoms with van der Waals surface area (Å²) in [7, 11) is 1.66. The SMILES string of the molecule is CN(C(=O)CN1C=CNN1)c1cn(-c2cccnc2)nc1Cl. The average Bonchev–Trinajstić information content (AvgIpc) is 3.17. The van der Waals surface area contributed by atoms with Crippen molar-refractivity contribution in [2.45, 2.75) is 0 Å². The van der Waals surface area contributed by atoms with Crippen molar-refractivity contribution in [1.82, 2.24) is 30.7 Å². The number of aromatic nitrogens is 3. The van der Waals surface area contributed by atoms with E-state index in [0.29, 0.717) is 5.69 Å². The molecule has 0 aromatic carbocycles. The van der Waals surface area contributed by atoms with Crippen LogP contribution in [0, 0.1) is 0 Å². The van der Waals surface area contributed by atoms with Gasteiger partial charge in [0.25, 0.3) is 0 Å². The highest BCUT2D eigenvalue weighted by molar-refractivity contribution is 6.32. The molecule has 0 bridgehead atoms. The van der Waals surface area contributed by atoms with Crippen molar-refractivity contribution < 1.29 is 4.79 Å². The van der Waals surface area contributed by atoms with Crippen molar-refractivity contribution >= 4 is 23.2 Å². The van der Waals surface area contributed by atoms with Gasteiger partial charge in [-0.15, -0.1) is 5.53 Å². The number of nitrogens with zero attached hydrogens (tertiary/aromatic N) is 5. The fourth-order valence-corrected chi connectivity index (χ4v) is 2.21.